The van der Waals surface area contributed by atoms with E-state index >= 15 is 0 Å². The standard InChI is InChI=1S/C46H82NO8P/c1-4-6-8-10-12-14-16-18-20-21-22-23-25-26-28-30-32-34-36-38-45(48)52-42-44(43-54-56(50,51)53-41-40-47-3)55-46(49)39-37-35-33-31-29-27-24-19-17-15-13-11-9-7-5-2/h7,9,12-15,18-20,24,44,47H,4-6,8,10-11,16-17,21-23,25-43H2,1-3H3,(H,50,51)/b9-7-,14-12-,15-13-,20-18-,24-19-. The van der Waals surface area contributed by atoms with Crippen molar-refractivity contribution in [2.24, 2.45) is 0 Å². The number of ether oxygens (including phenoxy) is 2. The molecule has 2 atom stereocenters. The second kappa shape index (κ2) is 42.3. The summed E-state index contributed by atoms with van der Waals surface area (Å²) in [5.41, 5.74) is 0. The van der Waals surface area contributed by atoms with E-state index in [9.17, 15) is 19.0 Å². The number of unbranched alkanes of at least 4 members (excludes halogenated alkanes) is 17. The van der Waals surface area contributed by atoms with Crippen molar-refractivity contribution in [3.05, 3.63) is 60.8 Å². The van der Waals surface area contributed by atoms with Crippen LogP contribution in [-0.4, -0.2) is 56.3 Å². The summed E-state index contributed by atoms with van der Waals surface area (Å²) >= 11 is 0. The number of phosphoric ester groups is 1. The first kappa shape index (κ1) is 53.7. The van der Waals surface area contributed by atoms with Gasteiger partial charge in [0.15, 0.2) is 6.10 Å². The van der Waals surface area contributed by atoms with Gasteiger partial charge >= 0.3 is 19.8 Å². The fourth-order valence-corrected chi connectivity index (χ4v) is 6.52. The monoisotopic (exact) mass is 808 g/mol. The minimum atomic E-state index is -4.36. The highest BCUT2D eigenvalue weighted by atomic mass is 31.2. The van der Waals surface area contributed by atoms with Crippen molar-refractivity contribution >= 4 is 19.8 Å². The first-order valence-corrected chi connectivity index (χ1v) is 23.7. The second-order valence-electron chi connectivity index (χ2n) is 14.5. The maximum absolute atomic E-state index is 12.6. The third-order valence-corrected chi connectivity index (χ3v) is 10.1. The molecule has 0 aliphatic rings. The Morgan fingerprint density at radius 1 is 0.571 bits per heavy atom. The van der Waals surface area contributed by atoms with E-state index in [-0.39, 0.29) is 32.0 Å². The average molecular weight is 808 g/mol. The van der Waals surface area contributed by atoms with E-state index in [1.165, 1.54) is 70.6 Å². The summed E-state index contributed by atoms with van der Waals surface area (Å²) in [6, 6.07) is 0. The van der Waals surface area contributed by atoms with Gasteiger partial charge in [0.05, 0.1) is 13.2 Å². The SMILES string of the molecule is CC/C=C\C/C=C\C/C=C\CCCCCCCC(=O)OC(COC(=O)CCCCCCCCCCC/C=C\C/C=C\CCCCC)COP(=O)(O)OCCNC. The Morgan fingerprint density at radius 3 is 1.52 bits per heavy atom. The molecule has 0 heterocycles. The maximum Gasteiger partial charge on any atom is 0.472 e. The molecule has 2 N–H and O–H groups in total. The van der Waals surface area contributed by atoms with Gasteiger partial charge in [0.2, 0.25) is 0 Å². The van der Waals surface area contributed by atoms with Crippen LogP contribution < -0.4 is 5.32 Å². The number of hydrogen-bond acceptors (Lipinski definition) is 8. The van der Waals surface area contributed by atoms with Gasteiger partial charge < -0.3 is 19.7 Å². The number of nitrogens with one attached hydrogen (secondary N) is 1. The lowest BCUT2D eigenvalue weighted by Gasteiger charge is -2.20. The van der Waals surface area contributed by atoms with Gasteiger partial charge in [0, 0.05) is 19.4 Å². The van der Waals surface area contributed by atoms with Crippen LogP contribution in [0.5, 0.6) is 0 Å². The van der Waals surface area contributed by atoms with Crippen molar-refractivity contribution in [1.29, 1.82) is 0 Å². The van der Waals surface area contributed by atoms with Crippen LogP contribution in [0, 0.1) is 0 Å². The summed E-state index contributed by atoms with van der Waals surface area (Å²) in [7, 11) is -2.66. The lowest BCUT2D eigenvalue weighted by molar-refractivity contribution is -0.161. The number of esters is 2. The van der Waals surface area contributed by atoms with E-state index in [1.807, 2.05) is 0 Å². The van der Waals surface area contributed by atoms with E-state index in [4.69, 9.17) is 18.5 Å². The fraction of sp³-hybridized carbons (Fsp3) is 0.739. The Labute approximate surface area is 342 Å². The van der Waals surface area contributed by atoms with Crippen molar-refractivity contribution in [3.63, 3.8) is 0 Å². The number of carbonyl (C=O) groups is 2. The Balaban J connectivity index is 4.22. The van der Waals surface area contributed by atoms with Gasteiger partial charge in [-0.1, -0.05) is 152 Å². The number of rotatable bonds is 41. The molecule has 0 saturated heterocycles. The molecule has 0 bridgehead atoms. The lowest BCUT2D eigenvalue weighted by Crippen LogP contribution is -2.29. The van der Waals surface area contributed by atoms with E-state index in [1.54, 1.807) is 7.05 Å². The maximum atomic E-state index is 12.6. The largest absolute Gasteiger partial charge is 0.472 e. The van der Waals surface area contributed by atoms with Crippen LogP contribution in [0.25, 0.3) is 0 Å². The third-order valence-electron chi connectivity index (χ3n) is 9.12. The zero-order valence-corrected chi connectivity index (χ0v) is 36.7. The molecule has 0 rings (SSSR count). The predicted octanol–water partition coefficient (Wildman–Crippen LogP) is 12.8. The zero-order valence-electron chi connectivity index (χ0n) is 35.8. The summed E-state index contributed by atoms with van der Waals surface area (Å²) in [6.07, 6.45) is 48.3. The van der Waals surface area contributed by atoms with Crippen LogP contribution in [0.15, 0.2) is 60.8 Å². The van der Waals surface area contributed by atoms with Gasteiger partial charge in [0.25, 0.3) is 0 Å². The molecule has 324 valence electrons. The fourth-order valence-electron chi connectivity index (χ4n) is 5.77. The minimum absolute atomic E-state index is 0.0237. The van der Waals surface area contributed by atoms with Crippen LogP contribution in [0.1, 0.15) is 181 Å². The first-order valence-electron chi connectivity index (χ1n) is 22.2. The molecule has 0 aliphatic carbocycles. The molecule has 9 nitrogen and oxygen atoms in total. The molecule has 56 heavy (non-hydrogen) atoms. The highest BCUT2D eigenvalue weighted by Gasteiger charge is 2.26. The summed E-state index contributed by atoms with van der Waals surface area (Å²) in [5, 5.41) is 2.82. The highest BCUT2D eigenvalue weighted by Crippen LogP contribution is 2.43. The van der Waals surface area contributed by atoms with E-state index in [2.05, 4.69) is 79.9 Å². The smallest absolute Gasteiger partial charge is 0.462 e. The van der Waals surface area contributed by atoms with Crippen molar-refractivity contribution in [2.75, 3.05) is 33.4 Å². The number of hydrogen-bond donors (Lipinski definition) is 2. The van der Waals surface area contributed by atoms with Gasteiger partial charge in [-0.15, -0.1) is 0 Å². The summed E-state index contributed by atoms with van der Waals surface area (Å²) in [4.78, 5) is 35.1. The zero-order chi connectivity index (χ0) is 41.1. The molecular weight excluding hydrogens is 725 g/mol. The molecule has 0 saturated carbocycles. The van der Waals surface area contributed by atoms with Crippen molar-refractivity contribution < 1.29 is 37.6 Å². The van der Waals surface area contributed by atoms with Crippen LogP contribution in [0.2, 0.25) is 0 Å². The van der Waals surface area contributed by atoms with Gasteiger partial charge in [-0.05, 0) is 84.1 Å². The average Bonchev–Trinajstić information content (AvgIpc) is 3.18. The third kappa shape index (κ3) is 41.3. The summed E-state index contributed by atoms with van der Waals surface area (Å²) < 4.78 is 33.2. The topological polar surface area (TPSA) is 120 Å². The molecule has 2 unspecified atom stereocenters. The molecule has 10 heteroatoms. The Kier molecular flexibility index (Phi) is 40.6. The van der Waals surface area contributed by atoms with E-state index < -0.39 is 26.5 Å². The van der Waals surface area contributed by atoms with Gasteiger partial charge in [0.1, 0.15) is 6.61 Å². The molecule has 0 fully saturated rings. The molecule has 0 amide bonds. The van der Waals surface area contributed by atoms with E-state index in [0.717, 1.165) is 77.0 Å². The predicted molar refractivity (Wildman–Crippen MR) is 234 cm³/mol. The van der Waals surface area contributed by atoms with Crippen LogP contribution >= 0.6 is 7.82 Å². The summed E-state index contributed by atoms with van der Waals surface area (Å²) in [6.45, 7) is 4.06. The Bertz CT molecular complexity index is 1100. The Morgan fingerprint density at radius 2 is 1.02 bits per heavy atom. The minimum Gasteiger partial charge on any atom is -0.462 e. The Hall–Kier alpha value is -2.29. The van der Waals surface area contributed by atoms with Gasteiger partial charge in [-0.3, -0.25) is 18.6 Å². The van der Waals surface area contributed by atoms with Crippen LogP contribution in [0.4, 0.5) is 0 Å². The molecule has 0 aliphatic heterocycles. The quantitative estimate of drug-likeness (QED) is 0.0269. The van der Waals surface area contributed by atoms with Crippen LogP contribution in [0.3, 0.4) is 0 Å². The second-order valence-corrected chi connectivity index (χ2v) is 15.9. The number of likely N-dealkylation sites (N-methyl/N-ethyl adjacent to an activating group) is 1. The molecule has 0 aromatic rings. The van der Waals surface area contributed by atoms with Crippen LogP contribution in [-0.2, 0) is 32.7 Å². The van der Waals surface area contributed by atoms with Crippen molar-refractivity contribution in [2.45, 2.75) is 187 Å². The van der Waals surface area contributed by atoms with Gasteiger partial charge in [-0.25, -0.2) is 4.57 Å². The molecule has 0 radical (unpaired) electrons. The lowest BCUT2D eigenvalue weighted by atomic mass is 10.1. The number of carbonyl (C=O) groups excluding carboxylic acids is 2. The van der Waals surface area contributed by atoms with Crippen molar-refractivity contribution in [1.82, 2.24) is 5.32 Å². The van der Waals surface area contributed by atoms with Crippen molar-refractivity contribution in [3.8, 4) is 0 Å². The molecule has 0 aromatic heterocycles. The first-order chi connectivity index (χ1) is 27.3. The number of allylic oxidation sites excluding steroid dienone is 10. The highest BCUT2D eigenvalue weighted by molar-refractivity contribution is 7.47. The van der Waals surface area contributed by atoms with E-state index in [0.29, 0.717) is 13.0 Å². The summed E-state index contributed by atoms with van der Waals surface area (Å²) in [5.74, 6) is -0.834. The molecular formula is C46H82NO8P. The molecule has 0 aromatic carbocycles. The molecule has 0 spiro atoms. The number of phosphoric acid groups is 1. The normalized spacial score (nSPS) is 13.9. The van der Waals surface area contributed by atoms with Gasteiger partial charge in [-0.2, -0.15) is 0 Å².